The fourth-order valence-corrected chi connectivity index (χ4v) is 4.22. The third kappa shape index (κ3) is 5.94. The summed E-state index contributed by atoms with van der Waals surface area (Å²) in [5, 5.41) is 0. The number of allylic oxidation sites excluding steroid dienone is 2. The summed E-state index contributed by atoms with van der Waals surface area (Å²) in [6.45, 7) is 7.37. The third-order valence-corrected chi connectivity index (χ3v) is 5.89. The normalized spacial score (nSPS) is 19.8. The van der Waals surface area contributed by atoms with Gasteiger partial charge in [-0.3, -0.25) is 0 Å². The van der Waals surface area contributed by atoms with Crippen molar-refractivity contribution in [3.63, 3.8) is 0 Å². The van der Waals surface area contributed by atoms with E-state index in [0.29, 0.717) is 19.1 Å². The van der Waals surface area contributed by atoms with Gasteiger partial charge in [-0.2, -0.15) is 0 Å². The Morgan fingerprint density at radius 1 is 0.821 bits per heavy atom. The number of rotatable bonds is 9. The monoisotopic (exact) mass is 374 g/mol. The topological polar surface area (TPSA) is 9.23 Å². The lowest BCUT2D eigenvalue weighted by molar-refractivity contribution is 0.148. The maximum atomic E-state index is 5.70. The van der Waals surface area contributed by atoms with Crippen LogP contribution in [0.25, 0.3) is 0 Å². The first-order valence-corrected chi connectivity index (χ1v) is 10.8. The van der Waals surface area contributed by atoms with Gasteiger partial charge < -0.3 is 4.74 Å². The largest absolute Gasteiger partial charge is 0.373 e. The van der Waals surface area contributed by atoms with E-state index in [4.69, 9.17) is 4.74 Å². The van der Waals surface area contributed by atoms with Crippen molar-refractivity contribution in [1.29, 1.82) is 0 Å². The Labute approximate surface area is 171 Å². The molecule has 1 aliphatic rings. The van der Waals surface area contributed by atoms with E-state index in [2.05, 4.69) is 74.2 Å². The summed E-state index contributed by atoms with van der Waals surface area (Å²) in [7, 11) is 0. The molecule has 0 spiro atoms. The van der Waals surface area contributed by atoms with Crippen LogP contribution >= 0.6 is 0 Å². The van der Waals surface area contributed by atoms with Gasteiger partial charge in [-0.15, -0.1) is 6.58 Å². The Hall–Kier alpha value is -2.12. The average Bonchev–Trinajstić information content (AvgIpc) is 2.75. The zero-order chi connectivity index (χ0) is 19.6. The second kappa shape index (κ2) is 11.0. The zero-order valence-electron chi connectivity index (χ0n) is 17.3. The smallest absolute Gasteiger partial charge is 0.0721 e. The average molecular weight is 375 g/mol. The van der Waals surface area contributed by atoms with Gasteiger partial charge in [0.2, 0.25) is 0 Å². The molecule has 0 radical (unpaired) electrons. The van der Waals surface area contributed by atoms with Crippen LogP contribution in [0.1, 0.15) is 73.1 Å². The molecule has 0 amide bonds. The number of ether oxygens (including phenoxy) is 1. The van der Waals surface area contributed by atoms with Gasteiger partial charge in [0.25, 0.3) is 0 Å². The van der Waals surface area contributed by atoms with Gasteiger partial charge in [-0.1, -0.05) is 73.7 Å². The zero-order valence-corrected chi connectivity index (χ0v) is 17.3. The number of benzene rings is 2. The summed E-state index contributed by atoms with van der Waals surface area (Å²) >= 11 is 0. The highest BCUT2D eigenvalue weighted by Gasteiger charge is 2.23. The first-order chi connectivity index (χ1) is 13.8. The van der Waals surface area contributed by atoms with Crippen LogP contribution in [0.3, 0.4) is 0 Å². The predicted octanol–water partition coefficient (Wildman–Crippen LogP) is 7.34. The summed E-state index contributed by atoms with van der Waals surface area (Å²) in [5.41, 5.74) is 5.63. The molecule has 0 bridgehead atoms. The minimum Gasteiger partial charge on any atom is -0.373 e. The lowest BCUT2D eigenvalue weighted by atomic mass is 9.76. The minimum absolute atomic E-state index is 0.697. The van der Waals surface area contributed by atoms with Gasteiger partial charge in [-0.05, 0) is 72.6 Å². The Kier molecular flexibility index (Phi) is 8.11. The Morgan fingerprint density at radius 3 is 1.86 bits per heavy atom. The molecule has 2 aromatic rings. The van der Waals surface area contributed by atoms with Gasteiger partial charge >= 0.3 is 0 Å². The summed E-state index contributed by atoms with van der Waals surface area (Å²) in [6.07, 6.45) is 13.4. The van der Waals surface area contributed by atoms with Crippen LogP contribution in [-0.4, -0.2) is 6.61 Å². The van der Waals surface area contributed by atoms with Crippen LogP contribution in [0.4, 0.5) is 0 Å². The van der Waals surface area contributed by atoms with Crippen molar-refractivity contribution in [3.8, 4) is 0 Å². The summed E-state index contributed by atoms with van der Waals surface area (Å²) < 4.78 is 5.70. The van der Waals surface area contributed by atoms with E-state index in [9.17, 15) is 0 Å². The molecular weight excluding hydrogens is 340 g/mol. The number of hydrogen-bond acceptors (Lipinski definition) is 1. The summed E-state index contributed by atoms with van der Waals surface area (Å²) in [6, 6.07) is 18.3. The predicted molar refractivity (Wildman–Crippen MR) is 120 cm³/mol. The lowest BCUT2D eigenvalue weighted by Gasteiger charge is -2.29. The van der Waals surface area contributed by atoms with E-state index >= 15 is 0 Å². The highest BCUT2D eigenvalue weighted by atomic mass is 16.5. The SMILES string of the molecule is C=CCc1ccc(C2CCC(c3ccc(COC/C=C/CC)cc3)CC2)cc1. The molecule has 1 nitrogen and oxygen atoms in total. The maximum Gasteiger partial charge on any atom is 0.0721 e. The van der Waals surface area contributed by atoms with Crippen molar-refractivity contribution >= 4 is 0 Å². The van der Waals surface area contributed by atoms with Crippen molar-refractivity contribution < 1.29 is 4.74 Å². The van der Waals surface area contributed by atoms with Crippen LogP contribution < -0.4 is 0 Å². The quantitative estimate of drug-likeness (QED) is 0.329. The van der Waals surface area contributed by atoms with Gasteiger partial charge in [0.1, 0.15) is 0 Å². The fourth-order valence-electron chi connectivity index (χ4n) is 4.22. The van der Waals surface area contributed by atoms with E-state index in [0.717, 1.165) is 18.8 Å². The molecule has 1 aliphatic carbocycles. The van der Waals surface area contributed by atoms with Crippen molar-refractivity contribution in [1.82, 2.24) is 0 Å². The molecule has 0 aliphatic heterocycles. The first kappa shape index (κ1) is 20.6. The molecule has 0 unspecified atom stereocenters. The molecule has 1 saturated carbocycles. The van der Waals surface area contributed by atoms with Gasteiger partial charge in [-0.25, -0.2) is 0 Å². The third-order valence-electron chi connectivity index (χ3n) is 5.89. The molecular formula is C27H34O. The van der Waals surface area contributed by atoms with Crippen molar-refractivity contribution in [3.05, 3.63) is 95.6 Å². The van der Waals surface area contributed by atoms with Crippen molar-refractivity contribution in [2.24, 2.45) is 0 Å². The van der Waals surface area contributed by atoms with Gasteiger partial charge in [0, 0.05) is 0 Å². The van der Waals surface area contributed by atoms with Gasteiger partial charge in [0.15, 0.2) is 0 Å². The molecule has 3 rings (SSSR count). The van der Waals surface area contributed by atoms with Crippen LogP contribution in [0, 0.1) is 0 Å². The molecule has 28 heavy (non-hydrogen) atoms. The molecule has 148 valence electrons. The minimum atomic E-state index is 0.697. The second-order valence-corrected chi connectivity index (χ2v) is 7.92. The van der Waals surface area contributed by atoms with Crippen molar-refractivity contribution in [2.75, 3.05) is 6.61 Å². The lowest BCUT2D eigenvalue weighted by Crippen LogP contribution is -2.12. The van der Waals surface area contributed by atoms with Gasteiger partial charge in [0.05, 0.1) is 13.2 Å². The Bertz CT molecular complexity index is 731. The van der Waals surface area contributed by atoms with E-state index in [1.807, 2.05) is 6.08 Å². The Morgan fingerprint density at radius 2 is 1.36 bits per heavy atom. The molecule has 2 aromatic carbocycles. The van der Waals surface area contributed by atoms with E-state index < -0.39 is 0 Å². The molecule has 0 atom stereocenters. The number of hydrogen-bond donors (Lipinski definition) is 0. The van der Waals surface area contributed by atoms with Crippen LogP contribution in [0.5, 0.6) is 0 Å². The molecule has 1 fully saturated rings. The molecule has 0 saturated heterocycles. The van der Waals surface area contributed by atoms with Crippen LogP contribution in [0.15, 0.2) is 73.3 Å². The first-order valence-electron chi connectivity index (χ1n) is 10.8. The molecule has 0 aromatic heterocycles. The van der Waals surface area contributed by atoms with Crippen LogP contribution in [-0.2, 0) is 17.8 Å². The van der Waals surface area contributed by atoms with Crippen LogP contribution in [0.2, 0.25) is 0 Å². The fraction of sp³-hybridized carbons (Fsp3) is 0.407. The Balaban J connectivity index is 1.47. The van der Waals surface area contributed by atoms with E-state index in [1.165, 1.54) is 47.9 Å². The van der Waals surface area contributed by atoms with Crippen molar-refractivity contribution in [2.45, 2.75) is 63.9 Å². The standard InChI is InChI=1S/C27H34O/c1-3-5-6-20-28-21-23-10-14-25(15-11-23)27-18-16-26(17-19-27)24-12-8-22(7-4-2)9-13-24/h4-6,8-15,26-27H,2-3,7,16-21H2,1H3/b6-5+. The molecule has 0 heterocycles. The molecule has 0 N–H and O–H groups in total. The summed E-state index contributed by atoms with van der Waals surface area (Å²) in [4.78, 5) is 0. The van der Waals surface area contributed by atoms with E-state index in [1.54, 1.807) is 0 Å². The van der Waals surface area contributed by atoms with E-state index in [-0.39, 0.29) is 0 Å². The second-order valence-electron chi connectivity index (χ2n) is 7.92. The maximum absolute atomic E-state index is 5.70. The highest BCUT2D eigenvalue weighted by molar-refractivity contribution is 5.29. The summed E-state index contributed by atoms with van der Waals surface area (Å²) in [5.74, 6) is 1.43. The highest BCUT2D eigenvalue weighted by Crippen LogP contribution is 2.40. The molecule has 1 heteroatoms.